The van der Waals surface area contributed by atoms with Crippen LogP contribution in [0.5, 0.6) is 5.75 Å². The maximum Gasteiger partial charge on any atom is 0.261 e. The minimum atomic E-state index is -2.82. The smallest absolute Gasteiger partial charge is 0.261 e. The van der Waals surface area contributed by atoms with Crippen molar-refractivity contribution in [3.8, 4) is 17.6 Å². The van der Waals surface area contributed by atoms with E-state index in [4.69, 9.17) is 18.3 Å². The molecule has 0 fully saturated rings. The lowest BCUT2D eigenvalue weighted by Crippen LogP contribution is -2.67. The molecule has 266 valence electrons. The Kier molecular flexibility index (Phi) is 15.1. The van der Waals surface area contributed by atoms with Gasteiger partial charge in [-0.2, -0.15) is 0 Å². The van der Waals surface area contributed by atoms with Gasteiger partial charge in [-0.25, -0.2) is 0 Å². The molecule has 3 aromatic rings. The molecular weight excluding hydrogens is 641 g/mol. The third-order valence-corrected chi connectivity index (χ3v) is 19.1. The Morgan fingerprint density at radius 1 is 0.776 bits per heavy atom. The summed E-state index contributed by atoms with van der Waals surface area (Å²) in [6.45, 7) is 20.9. The monoisotopic (exact) mass is 700 g/mol. The van der Waals surface area contributed by atoms with E-state index in [1.807, 2.05) is 30.3 Å². The molecule has 0 unspecified atom stereocenters. The number of aliphatic hydroxyl groups excluding tert-OH is 1. The van der Waals surface area contributed by atoms with Gasteiger partial charge in [-0.1, -0.05) is 132 Å². The quantitative estimate of drug-likeness (QED) is 0.0921. The molecule has 0 amide bonds. The normalized spacial score (nSPS) is 14.6. The van der Waals surface area contributed by atoms with Crippen molar-refractivity contribution in [2.24, 2.45) is 0 Å². The number of aliphatic hydroxyl groups is 1. The Labute approximate surface area is 299 Å². The van der Waals surface area contributed by atoms with Crippen molar-refractivity contribution in [2.75, 3.05) is 13.7 Å². The molecule has 0 heterocycles. The molecule has 49 heavy (non-hydrogen) atoms. The van der Waals surface area contributed by atoms with Gasteiger partial charge >= 0.3 is 0 Å². The maximum atomic E-state index is 10.9. The van der Waals surface area contributed by atoms with Gasteiger partial charge in [0.15, 0.2) is 8.32 Å². The van der Waals surface area contributed by atoms with Crippen LogP contribution < -0.4 is 15.1 Å². The molecule has 0 aliphatic carbocycles. The standard InChI is InChI=1S/C42H60O5Si2/c1-34(45-33-35-26-29-37(44-8)30-27-35)19-17-21-38(31-28-36(43)20-18-32-46-48(9,10)41(2,3)4)47-49(42(5,6)7,39-22-13-11-14-23-39)40-24-15-12-16-25-40/h11-16,22-31,34,36,38,43H,17,19,21,32-33H2,1-10H3/b31-28-/t34-,36+,38+/m0/s1. The minimum Gasteiger partial charge on any atom is -0.497 e. The molecular formula is C42H60O5Si2. The van der Waals surface area contributed by atoms with Gasteiger partial charge in [-0.15, -0.1) is 0 Å². The average Bonchev–Trinajstić information content (AvgIpc) is 3.06. The predicted octanol–water partition coefficient (Wildman–Crippen LogP) is 8.66. The zero-order chi connectivity index (χ0) is 36.1. The average molecular weight is 701 g/mol. The van der Waals surface area contributed by atoms with E-state index in [0.717, 1.165) is 30.6 Å². The SMILES string of the molecule is COc1ccc(CO[C@@H](C)CCC[C@H](/C=C\[C@H](O)C#CCO[Si](C)(C)C(C)(C)C)O[Si](c2ccccc2)(c2ccccc2)C(C)(C)C)cc1. The Morgan fingerprint density at radius 3 is 1.86 bits per heavy atom. The second kappa shape index (κ2) is 18.3. The van der Waals surface area contributed by atoms with Crippen LogP contribution in [0, 0.1) is 11.8 Å². The Bertz CT molecular complexity index is 1440. The van der Waals surface area contributed by atoms with E-state index in [1.54, 1.807) is 13.2 Å². The van der Waals surface area contributed by atoms with Gasteiger partial charge < -0.3 is 23.4 Å². The molecule has 5 nitrogen and oxygen atoms in total. The lowest BCUT2D eigenvalue weighted by atomic mass is 10.1. The van der Waals surface area contributed by atoms with Gasteiger partial charge in [-0.05, 0) is 83.5 Å². The molecule has 0 bridgehead atoms. The van der Waals surface area contributed by atoms with Crippen LogP contribution in [0.25, 0.3) is 0 Å². The summed E-state index contributed by atoms with van der Waals surface area (Å²) in [5, 5.41) is 13.3. The molecule has 0 spiro atoms. The van der Waals surface area contributed by atoms with Crippen LogP contribution in [-0.2, 0) is 20.2 Å². The molecule has 0 aliphatic rings. The lowest BCUT2D eigenvalue weighted by Gasteiger charge is -2.45. The summed E-state index contributed by atoms with van der Waals surface area (Å²) in [6, 6.07) is 29.4. The van der Waals surface area contributed by atoms with Crippen LogP contribution >= 0.6 is 0 Å². The van der Waals surface area contributed by atoms with Gasteiger partial charge in [0, 0.05) is 0 Å². The van der Waals surface area contributed by atoms with Gasteiger partial charge in [0.2, 0.25) is 0 Å². The molecule has 1 N–H and O–H groups in total. The van der Waals surface area contributed by atoms with Crippen molar-refractivity contribution >= 4 is 27.0 Å². The van der Waals surface area contributed by atoms with Crippen molar-refractivity contribution in [3.63, 3.8) is 0 Å². The molecule has 0 radical (unpaired) electrons. The fourth-order valence-corrected chi connectivity index (χ4v) is 11.2. The highest BCUT2D eigenvalue weighted by atomic mass is 28.4. The number of hydrogen-bond donors (Lipinski definition) is 1. The molecule has 0 aliphatic heterocycles. The van der Waals surface area contributed by atoms with E-state index < -0.39 is 22.7 Å². The van der Waals surface area contributed by atoms with Crippen molar-refractivity contribution in [2.45, 2.75) is 116 Å². The van der Waals surface area contributed by atoms with E-state index in [1.165, 1.54) is 10.4 Å². The third-order valence-electron chi connectivity index (χ3n) is 9.61. The second-order valence-corrected chi connectivity index (χ2v) is 24.5. The molecule has 0 saturated heterocycles. The van der Waals surface area contributed by atoms with E-state index in [9.17, 15) is 5.11 Å². The van der Waals surface area contributed by atoms with Gasteiger partial charge in [0.25, 0.3) is 8.32 Å². The van der Waals surface area contributed by atoms with Crippen LogP contribution in [0.15, 0.2) is 97.1 Å². The molecule has 3 aromatic carbocycles. The highest BCUT2D eigenvalue weighted by Gasteiger charge is 2.51. The fraction of sp³-hybridized carbons (Fsp3) is 0.476. The fourth-order valence-electron chi connectivity index (χ4n) is 5.62. The summed E-state index contributed by atoms with van der Waals surface area (Å²) in [7, 11) is -3.06. The van der Waals surface area contributed by atoms with Gasteiger partial charge in [0.1, 0.15) is 11.9 Å². The van der Waals surface area contributed by atoms with Crippen molar-refractivity contribution in [3.05, 3.63) is 103 Å². The van der Waals surface area contributed by atoms with E-state index in [0.29, 0.717) is 13.2 Å². The number of hydrogen-bond acceptors (Lipinski definition) is 5. The first-order chi connectivity index (χ1) is 23.1. The molecule has 3 atom stereocenters. The summed E-state index contributed by atoms with van der Waals surface area (Å²) in [5.41, 5.74) is 1.12. The first-order valence-corrected chi connectivity index (χ1v) is 22.4. The Balaban J connectivity index is 1.83. The first-order valence-electron chi connectivity index (χ1n) is 17.6. The van der Waals surface area contributed by atoms with Crippen LogP contribution in [0.3, 0.4) is 0 Å². The van der Waals surface area contributed by atoms with Gasteiger partial charge in [0.05, 0.1) is 32.5 Å². The predicted molar refractivity (Wildman–Crippen MR) is 210 cm³/mol. The molecule has 3 rings (SSSR count). The maximum absolute atomic E-state index is 10.9. The zero-order valence-electron chi connectivity index (χ0n) is 31.6. The molecule has 7 heteroatoms. The summed E-state index contributed by atoms with van der Waals surface area (Å²) >= 11 is 0. The number of ether oxygens (including phenoxy) is 2. The summed E-state index contributed by atoms with van der Waals surface area (Å²) in [5.74, 6) is 6.88. The van der Waals surface area contributed by atoms with Crippen LogP contribution in [-0.4, -0.2) is 53.8 Å². The van der Waals surface area contributed by atoms with E-state index in [-0.39, 0.29) is 22.3 Å². The summed E-state index contributed by atoms with van der Waals surface area (Å²) in [6.07, 6.45) is 5.31. The van der Waals surface area contributed by atoms with Crippen molar-refractivity contribution in [1.29, 1.82) is 0 Å². The van der Waals surface area contributed by atoms with Crippen LogP contribution in [0.1, 0.15) is 73.3 Å². The van der Waals surface area contributed by atoms with Crippen molar-refractivity contribution < 1.29 is 23.4 Å². The lowest BCUT2D eigenvalue weighted by molar-refractivity contribution is 0.0443. The molecule has 0 saturated carbocycles. The van der Waals surface area contributed by atoms with E-state index in [2.05, 4.69) is 134 Å². The summed E-state index contributed by atoms with van der Waals surface area (Å²) < 4.78 is 25.2. The number of benzene rings is 3. The zero-order valence-corrected chi connectivity index (χ0v) is 33.6. The third kappa shape index (κ3) is 11.8. The number of methoxy groups -OCH3 is 1. The van der Waals surface area contributed by atoms with Gasteiger partial charge in [-0.3, -0.25) is 0 Å². The molecule has 0 aromatic heterocycles. The highest BCUT2D eigenvalue weighted by Crippen LogP contribution is 2.38. The van der Waals surface area contributed by atoms with Crippen LogP contribution in [0.4, 0.5) is 0 Å². The second-order valence-electron chi connectivity index (χ2n) is 15.4. The van der Waals surface area contributed by atoms with E-state index >= 15 is 0 Å². The van der Waals surface area contributed by atoms with Crippen molar-refractivity contribution in [1.82, 2.24) is 0 Å². The first kappa shape index (κ1) is 40.5. The summed E-state index contributed by atoms with van der Waals surface area (Å²) in [4.78, 5) is 0. The topological polar surface area (TPSA) is 57.2 Å². The Hall–Kier alpha value is -2.97. The highest BCUT2D eigenvalue weighted by molar-refractivity contribution is 6.99. The number of rotatable bonds is 16. The Morgan fingerprint density at radius 2 is 1.35 bits per heavy atom. The minimum absolute atomic E-state index is 0.0805. The van der Waals surface area contributed by atoms with Crippen LogP contribution in [0.2, 0.25) is 23.2 Å². The largest absolute Gasteiger partial charge is 0.497 e.